The summed E-state index contributed by atoms with van der Waals surface area (Å²) in [5.74, 6) is -0.299. The van der Waals surface area contributed by atoms with Crippen molar-refractivity contribution in [3.8, 4) is 11.1 Å². The Hall–Kier alpha value is -2.86. The zero-order valence-electron chi connectivity index (χ0n) is 17.8. The van der Waals surface area contributed by atoms with Crippen molar-refractivity contribution in [1.29, 1.82) is 0 Å². The molecular weight excluding hydrogens is 378 g/mol. The lowest BCUT2D eigenvalue weighted by Gasteiger charge is -2.37. The summed E-state index contributed by atoms with van der Waals surface area (Å²) >= 11 is 0. The van der Waals surface area contributed by atoms with E-state index in [-0.39, 0.29) is 18.6 Å². The van der Waals surface area contributed by atoms with Crippen LogP contribution in [0.15, 0.2) is 54.6 Å². The molecule has 0 spiro atoms. The number of ether oxygens (including phenoxy) is 1. The average Bonchev–Trinajstić information content (AvgIpc) is 2.80. The van der Waals surface area contributed by atoms with E-state index in [0.29, 0.717) is 6.54 Å². The van der Waals surface area contributed by atoms with Crippen LogP contribution in [-0.4, -0.2) is 61.1 Å². The third kappa shape index (κ3) is 5.83. The molecule has 3 rings (SSSR count). The highest BCUT2D eigenvalue weighted by atomic mass is 16.6. The summed E-state index contributed by atoms with van der Waals surface area (Å²) in [4.78, 5) is 27.8. The zero-order valence-corrected chi connectivity index (χ0v) is 17.8. The molecule has 160 valence electrons. The largest absolute Gasteiger partial charge is 0.439 e. The van der Waals surface area contributed by atoms with Crippen molar-refractivity contribution in [2.45, 2.75) is 32.4 Å². The fraction of sp³-hybridized carbons (Fsp3) is 0.417. The van der Waals surface area contributed by atoms with Crippen LogP contribution in [0.3, 0.4) is 0 Å². The van der Waals surface area contributed by atoms with Gasteiger partial charge in [0.05, 0.1) is 0 Å². The highest BCUT2D eigenvalue weighted by molar-refractivity contribution is 5.79. The van der Waals surface area contributed by atoms with Gasteiger partial charge in [0.25, 0.3) is 5.91 Å². The molecule has 1 aliphatic rings. The van der Waals surface area contributed by atoms with Crippen molar-refractivity contribution >= 4 is 12.0 Å². The number of carbonyl (C=O) groups is 2. The fourth-order valence-electron chi connectivity index (χ4n) is 3.90. The first-order valence-corrected chi connectivity index (χ1v) is 10.6. The fourth-order valence-corrected chi connectivity index (χ4v) is 3.90. The molecule has 1 saturated heterocycles. The number of likely N-dealkylation sites (N-methyl/N-ethyl adjacent to an activating group) is 1. The van der Waals surface area contributed by atoms with Crippen molar-refractivity contribution in [1.82, 2.24) is 15.1 Å². The Morgan fingerprint density at radius 2 is 1.67 bits per heavy atom. The summed E-state index contributed by atoms with van der Waals surface area (Å²) in [6.45, 7) is 5.08. The summed E-state index contributed by atoms with van der Waals surface area (Å²) in [5.41, 5.74) is 3.75. The van der Waals surface area contributed by atoms with E-state index < -0.39 is 6.09 Å². The molecule has 1 N–H and O–H groups in total. The summed E-state index contributed by atoms with van der Waals surface area (Å²) in [6.07, 6.45) is 1.41. The van der Waals surface area contributed by atoms with E-state index in [9.17, 15) is 9.59 Å². The Morgan fingerprint density at radius 1 is 1.03 bits per heavy atom. The van der Waals surface area contributed by atoms with Crippen LogP contribution in [-0.2, 0) is 16.1 Å². The Morgan fingerprint density at radius 3 is 2.27 bits per heavy atom. The van der Waals surface area contributed by atoms with Gasteiger partial charge in [0.1, 0.15) is 0 Å². The second-order valence-corrected chi connectivity index (χ2v) is 7.58. The lowest BCUT2D eigenvalue weighted by atomic mass is 10.0. The number of carbonyl (C=O) groups excluding carboxylic acids is 2. The lowest BCUT2D eigenvalue weighted by Crippen LogP contribution is -2.47. The van der Waals surface area contributed by atoms with Gasteiger partial charge in [-0.2, -0.15) is 0 Å². The number of hydrogen-bond acceptors (Lipinski definition) is 4. The van der Waals surface area contributed by atoms with Crippen molar-refractivity contribution in [3.05, 3.63) is 60.2 Å². The normalized spacial score (nSPS) is 14.9. The van der Waals surface area contributed by atoms with Crippen LogP contribution in [0.2, 0.25) is 0 Å². The number of piperidine rings is 1. The van der Waals surface area contributed by atoms with Crippen molar-refractivity contribution in [2.75, 3.05) is 33.3 Å². The first-order chi connectivity index (χ1) is 14.6. The highest BCUT2D eigenvalue weighted by Crippen LogP contribution is 2.22. The van der Waals surface area contributed by atoms with E-state index in [2.05, 4.69) is 58.7 Å². The van der Waals surface area contributed by atoms with Crippen molar-refractivity contribution in [2.24, 2.45) is 0 Å². The van der Waals surface area contributed by atoms with E-state index in [1.54, 1.807) is 4.90 Å². The van der Waals surface area contributed by atoms with Crippen LogP contribution in [0.5, 0.6) is 0 Å². The molecule has 2 amide bonds. The van der Waals surface area contributed by atoms with Gasteiger partial charge in [-0.1, -0.05) is 54.6 Å². The van der Waals surface area contributed by atoms with Crippen LogP contribution < -0.4 is 5.32 Å². The Labute approximate surface area is 178 Å². The van der Waals surface area contributed by atoms with Gasteiger partial charge in [-0.15, -0.1) is 0 Å². The van der Waals surface area contributed by atoms with E-state index in [1.807, 2.05) is 13.0 Å². The minimum atomic E-state index is -0.406. The zero-order chi connectivity index (χ0) is 21.3. The molecule has 0 radical (unpaired) electrons. The van der Waals surface area contributed by atoms with E-state index in [0.717, 1.165) is 32.5 Å². The minimum absolute atomic E-state index is 0.156. The van der Waals surface area contributed by atoms with Crippen molar-refractivity contribution < 1.29 is 14.3 Å². The summed E-state index contributed by atoms with van der Waals surface area (Å²) in [5, 5.41) is 2.46. The van der Waals surface area contributed by atoms with Crippen LogP contribution in [0.1, 0.15) is 25.3 Å². The van der Waals surface area contributed by atoms with Crippen LogP contribution in [0.25, 0.3) is 11.1 Å². The van der Waals surface area contributed by atoms with E-state index in [4.69, 9.17) is 4.74 Å². The molecule has 0 aliphatic carbocycles. The van der Waals surface area contributed by atoms with Crippen LogP contribution in [0.4, 0.5) is 4.79 Å². The Balaban J connectivity index is 1.49. The number of amides is 2. The standard InChI is InChI=1S/C24H31N3O3/c1-3-27(24(29)30-18-23(28)25-2)22-13-15-26(16-14-22)17-19-9-11-21(12-10-19)20-7-5-4-6-8-20/h4-12,22H,3,13-18H2,1-2H3,(H,25,28). The molecular formula is C24H31N3O3. The molecule has 0 unspecified atom stereocenters. The second kappa shape index (κ2) is 10.8. The number of nitrogens with zero attached hydrogens (tertiary/aromatic N) is 2. The molecule has 1 aliphatic heterocycles. The second-order valence-electron chi connectivity index (χ2n) is 7.58. The van der Waals surface area contributed by atoms with E-state index >= 15 is 0 Å². The monoisotopic (exact) mass is 409 g/mol. The number of benzene rings is 2. The first-order valence-electron chi connectivity index (χ1n) is 10.6. The van der Waals surface area contributed by atoms with Gasteiger partial charge >= 0.3 is 6.09 Å². The summed E-state index contributed by atoms with van der Waals surface area (Å²) in [6, 6.07) is 19.3. The minimum Gasteiger partial charge on any atom is -0.439 e. The van der Waals surface area contributed by atoms with Gasteiger partial charge in [0, 0.05) is 39.3 Å². The third-order valence-electron chi connectivity index (χ3n) is 5.65. The van der Waals surface area contributed by atoms with Gasteiger partial charge < -0.3 is 15.0 Å². The smallest absolute Gasteiger partial charge is 0.410 e. The maximum atomic E-state index is 12.3. The molecule has 0 saturated carbocycles. The molecule has 2 aromatic rings. The maximum absolute atomic E-state index is 12.3. The van der Waals surface area contributed by atoms with Crippen molar-refractivity contribution in [3.63, 3.8) is 0 Å². The van der Waals surface area contributed by atoms with Gasteiger partial charge in [0.2, 0.25) is 0 Å². The Bertz CT molecular complexity index is 815. The predicted molar refractivity (Wildman–Crippen MR) is 118 cm³/mol. The van der Waals surface area contributed by atoms with Crippen LogP contribution >= 0.6 is 0 Å². The summed E-state index contributed by atoms with van der Waals surface area (Å²) < 4.78 is 5.13. The van der Waals surface area contributed by atoms with Gasteiger partial charge in [-0.25, -0.2) is 4.79 Å². The first kappa shape index (κ1) is 21.8. The van der Waals surface area contributed by atoms with E-state index in [1.165, 1.54) is 23.7 Å². The molecule has 0 atom stereocenters. The number of nitrogens with one attached hydrogen (secondary N) is 1. The Kier molecular flexibility index (Phi) is 7.85. The van der Waals surface area contributed by atoms with Gasteiger partial charge in [0.15, 0.2) is 6.61 Å². The number of rotatable bonds is 7. The topological polar surface area (TPSA) is 61.9 Å². The predicted octanol–water partition coefficient (Wildman–Crippen LogP) is 3.52. The van der Waals surface area contributed by atoms with Crippen LogP contribution in [0, 0.1) is 0 Å². The lowest BCUT2D eigenvalue weighted by molar-refractivity contribution is -0.123. The molecule has 1 fully saturated rings. The number of hydrogen-bond donors (Lipinski definition) is 1. The molecule has 30 heavy (non-hydrogen) atoms. The SMILES string of the molecule is CCN(C(=O)OCC(=O)NC)C1CCN(Cc2ccc(-c3ccccc3)cc2)CC1. The quantitative estimate of drug-likeness (QED) is 0.760. The maximum Gasteiger partial charge on any atom is 0.410 e. The molecule has 6 nitrogen and oxygen atoms in total. The van der Waals surface area contributed by atoms with Gasteiger partial charge in [-0.3, -0.25) is 9.69 Å². The molecule has 2 aromatic carbocycles. The third-order valence-corrected chi connectivity index (χ3v) is 5.65. The molecule has 0 aromatic heterocycles. The molecule has 0 bridgehead atoms. The van der Waals surface area contributed by atoms with Gasteiger partial charge in [-0.05, 0) is 36.5 Å². The summed E-state index contributed by atoms with van der Waals surface area (Å²) in [7, 11) is 1.53. The average molecular weight is 410 g/mol. The number of likely N-dealkylation sites (tertiary alicyclic amines) is 1. The molecule has 6 heteroatoms. The highest BCUT2D eigenvalue weighted by Gasteiger charge is 2.28. The molecule has 1 heterocycles.